The zero-order chi connectivity index (χ0) is 9.52. The Bertz CT molecular complexity index is 209. The van der Waals surface area contributed by atoms with Crippen LogP contribution >= 0.6 is 11.3 Å². The Hall–Kier alpha value is -0.380. The highest BCUT2D eigenvalue weighted by Gasteiger charge is 2.05. The summed E-state index contributed by atoms with van der Waals surface area (Å²) in [6.07, 6.45) is 1.22. The van der Waals surface area contributed by atoms with Gasteiger partial charge in [-0.05, 0) is 24.8 Å². The zero-order valence-corrected chi connectivity index (χ0v) is 8.72. The minimum absolute atomic E-state index is 0.259. The number of aliphatic hydroxyl groups is 1. The summed E-state index contributed by atoms with van der Waals surface area (Å²) in [5, 5.41) is 11.6. The van der Waals surface area contributed by atoms with Gasteiger partial charge >= 0.3 is 0 Å². The summed E-state index contributed by atoms with van der Waals surface area (Å²) in [6.45, 7) is 3.35. The van der Waals surface area contributed by atoms with E-state index in [1.165, 1.54) is 4.88 Å². The van der Waals surface area contributed by atoms with Gasteiger partial charge < -0.3 is 9.84 Å². The Kier molecular flexibility index (Phi) is 5.05. The van der Waals surface area contributed by atoms with E-state index < -0.39 is 0 Å². The Morgan fingerprint density at radius 2 is 2.46 bits per heavy atom. The van der Waals surface area contributed by atoms with E-state index in [-0.39, 0.29) is 6.10 Å². The van der Waals surface area contributed by atoms with Gasteiger partial charge in [-0.15, -0.1) is 11.3 Å². The molecule has 0 fully saturated rings. The average molecular weight is 200 g/mol. The molecule has 0 spiro atoms. The molecule has 1 unspecified atom stereocenters. The predicted octanol–water partition coefficient (Wildman–Crippen LogP) is 2.08. The van der Waals surface area contributed by atoms with Crippen LogP contribution in [0.1, 0.15) is 18.2 Å². The van der Waals surface area contributed by atoms with Crippen LogP contribution in [0.25, 0.3) is 0 Å². The third-order valence-electron chi connectivity index (χ3n) is 1.82. The fraction of sp³-hybridized carbons (Fsp3) is 0.600. The van der Waals surface area contributed by atoms with Crippen molar-refractivity contribution in [3.05, 3.63) is 22.4 Å². The topological polar surface area (TPSA) is 29.5 Å². The van der Waals surface area contributed by atoms with Gasteiger partial charge in [0.15, 0.2) is 0 Å². The molecule has 0 bridgehead atoms. The smallest absolute Gasteiger partial charge is 0.0610 e. The van der Waals surface area contributed by atoms with Gasteiger partial charge in [0.1, 0.15) is 0 Å². The van der Waals surface area contributed by atoms with Gasteiger partial charge in [-0.25, -0.2) is 0 Å². The predicted molar refractivity (Wildman–Crippen MR) is 55.1 cm³/mol. The minimum Gasteiger partial charge on any atom is -0.393 e. The lowest BCUT2D eigenvalue weighted by Gasteiger charge is -2.08. The van der Waals surface area contributed by atoms with E-state index in [1.807, 2.05) is 18.4 Å². The monoisotopic (exact) mass is 200 g/mol. The molecule has 1 aromatic rings. The molecule has 0 aliphatic carbocycles. The normalized spacial score (nSPS) is 13.1. The van der Waals surface area contributed by atoms with Crippen LogP contribution < -0.4 is 0 Å². The highest BCUT2D eigenvalue weighted by molar-refractivity contribution is 7.09. The molecule has 13 heavy (non-hydrogen) atoms. The van der Waals surface area contributed by atoms with Gasteiger partial charge in [-0.3, -0.25) is 0 Å². The van der Waals surface area contributed by atoms with E-state index in [4.69, 9.17) is 4.74 Å². The maximum Gasteiger partial charge on any atom is 0.0610 e. The fourth-order valence-corrected chi connectivity index (χ4v) is 1.90. The molecule has 0 saturated heterocycles. The van der Waals surface area contributed by atoms with Crippen molar-refractivity contribution in [1.29, 1.82) is 0 Å². The van der Waals surface area contributed by atoms with Crippen LogP contribution in [0.15, 0.2) is 17.5 Å². The third-order valence-corrected chi connectivity index (χ3v) is 2.72. The van der Waals surface area contributed by atoms with Crippen molar-refractivity contribution < 1.29 is 9.84 Å². The van der Waals surface area contributed by atoms with E-state index in [9.17, 15) is 5.11 Å². The number of ether oxygens (including phenoxy) is 1. The second-order valence-electron chi connectivity index (χ2n) is 2.92. The number of aliphatic hydroxyl groups excluding tert-OH is 1. The van der Waals surface area contributed by atoms with Crippen molar-refractivity contribution in [2.75, 3.05) is 13.2 Å². The summed E-state index contributed by atoms with van der Waals surface area (Å²) in [4.78, 5) is 1.24. The lowest BCUT2D eigenvalue weighted by Crippen LogP contribution is -2.12. The largest absolute Gasteiger partial charge is 0.393 e. The maximum atomic E-state index is 9.57. The lowest BCUT2D eigenvalue weighted by atomic mass is 10.2. The van der Waals surface area contributed by atoms with Crippen LogP contribution in [0, 0.1) is 0 Å². The second kappa shape index (κ2) is 6.13. The quantitative estimate of drug-likeness (QED) is 0.712. The van der Waals surface area contributed by atoms with E-state index >= 15 is 0 Å². The Labute approximate surface area is 83.2 Å². The molecular weight excluding hydrogens is 184 g/mol. The molecule has 0 aromatic carbocycles. The molecular formula is C10H16O2S. The molecule has 1 atom stereocenters. The van der Waals surface area contributed by atoms with Gasteiger partial charge in [0.25, 0.3) is 0 Å². The molecule has 1 N–H and O–H groups in total. The Balaban J connectivity index is 2.14. The summed E-state index contributed by atoms with van der Waals surface area (Å²) < 4.78 is 5.17. The van der Waals surface area contributed by atoms with Gasteiger partial charge in [-0.1, -0.05) is 6.07 Å². The second-order valence-corrected chi connectivity index (χ2v) is 3.96. The van der Waals surface area contributed by atoms with E-state index in [0.717, 1.165) is 19.4 Å². The first kappa shape index (κ1) is 10.7. The van der Waals surface area contributed by atoms with Crippen molar-refractivity contribution in [1.82, 2.24) is 0 Å². The summed E-state index contributed by atoms with van der Waals surface area (Å²) in [6, 6.07) is 4.06. The molecule has 0 aliphatic rings. The van der Waals surface area contributed by atoms with Crippen LogP contribution in [0.5, 0.6) is 0 Å². The molecule has 3 heteroatoms. The Morgan fingerprint density at radius 3 is 3.08 bits per heavy atom. The number of hydrogen-bond acceptors (Lipinski definition) is 3. The van der Waals surface area contributed by atoms with Crippen LogP contribution in [0.3, 0.4) is 0 Å². The zero-order valence-electron chi connectivity index (χ0n) is 7.90. The molecule has 0 aliphatic heterocycles. The maximum absolute atomic E-state index is 9.57. The summed E-state index contributed by atoms with van der Waals surface area (Å²) in [5.74, 6) is 0. The standard InChI is InChI=1S/C10H16O2S/c1-2-12-6-5-9(11)8-10-4-3-7-13-10/h3-4,7,9,11H,2,5-6,8H2,1H3. The molecule has 74 valence electrons. The SMILES string of the molecule is CCOCCC(O)Cc1cccs1. The number of thiophene rings is 1. The van der Waals surface area contributed by atoms with Crippen molar-refractivity contribution in [2.24, 2.45) is 0 Å². The number of hydrogen-bond donors (Lipinski definition) is 1. The van der Waals surface area contributed by atoms with Gasteiger partial charge in [-0.2, -0.15) is 0 Å². The van der Waals surface area contributed by atoms with E-state index in [0.29, 0.717) is 6.61 Å². The number of rotatable bonds is 6. The van der Waals surface area contributed by atoms with Crippen molar-refractivity contribution in [2.45, 2.75) is 25.9 Å². The van der Waals surface area contributed by atoms with E-state index in [2.05, 4.69) is 6.07 Å². The van der Waals surface area contributed by atoms with Crippen molar-refractivity contribution >= 4 is 11.3 Å². The van der Waals surface area contributed by atoms with E-state index in [1.54, 1.807) is 11.3 Å². The van der Waals surface area contributed by atoms with Crippen molar-refractivity contribution in [3.63, 3.8) is 0 Å². The minimum atomic E-state index is -0.259. The highest BCUT2D eigenvalue weighted by atomic mass is 32.1. The molecule has 0 saturated carbocycles. The van der Waals surface area contributed by atoms with Crippen LogP contribution in [-0.2, 0) is 11.2 Å². The first-order valence-electron chi connectivity index (χ1n) is 4.61. The first-order valence-corrected chi connectivity index (χ1v) is 5.49. The van der Waals surface area contributed by atoms with Gasteiger partial charge in [0.05, 0.1) is 6.10 Å². The Morgan fingerprint density at radius 1 is 1.62 bits per heavy atom. The van der Waals surface area contributed by atoms with Crippen LogP contribution in [-0.4, -0.2) is 24.4 Å². The average Bonchev–Trinajstić information content (AvgIpc) is 2.57. The van der Waals surface area contributed by atoms with Crippen LogP contribution in [0.4, 0.5) is 0 Å². The first-order chi connectivity index (χ1) is 6.33. The molecule has 0 radical (unpaired) electrons. The molecule has 1 rings (SSSR count). The summed E-state index contributed by atoms with van der Waals surface area (Å²) in [5.41, 5.74) is 0. The lowest BCUT2D eigenvalue weighted by molar-refractivity contribution is 0.0891. The summed E-state index contributed by atoms with van der Waals surface area (Å²) in [7, 11) is 0. The van der Waals surface area contributed by atoms with Crippen LogP contribution in [0.2, 0.25) is 0 Å². The van der Waals surface area contributed by atoms with Gasteiger partial charge in [0.2, 0.25) is 0 Å². The highest BCUT2D eigenvalue weighted by Crippen LogP contribution is 2.12. The van der Waals surface area contributed by atoms with Gasteiger partial charge in [0, 0.05) is 24.5 Å². The fourth-order valence-electron chi connectivity index (χ4n) is 1.13. The molecule has 1 aromatic heterocycles. The third kappa shape index (κ3) is 4.41. The van der Waals surface area contributed by atoms with Crippen molar-refractivity contribution in [3.8, 4) is 0 Å². The molecule has 0 amide bonds. The summed E-state index contributed by atoms with van der Waals surface area (Å²) >= 11 is 1.69. The molecule has 1 heterocycles. The molecule has 2 nitrogen and oxygen atoms in total.